The smallest absolute Gasteiger partial charge is 0.367 e. The fraction of sp³-hybridized carbons (Fsp3) is 0.312. The van der Waals surface area contributed by atoms with Crippen molar-refractivity contribution in [1.29, 1.82) is 0 Å². The van der Waals surface area contributed by atoms with Crippen LogP contribution < -0.4 is 21.5 Å². The third-order valence-corrected chi connectivity index (χ3v) is 7.93. The third kappa shape index (κ3) is 6.98. The van der Waals surface area contributed by atoms with Crippen LogP contribution in [0.5, 0.6) is 0 Å². The first-order valence-corrected chi connectivity index (χ1v) is 14.6. The standard InChI is InChI=1S/C32H33F3N8O/c1-20-13-27(41-30(14-20)42-29-16-25(7-10-36-29)32(33,34)35)23-5-6-28(37-17-23)40-26-8-11-43(12-9-26)31(44)22-4-2-3-21(15-22)24-18-38-39-19-24/h2-7,10,13-17,24,26,38-39H,8-9,11-12,18-19H2,1H3,(H,37,40)(H,36,41,42). The van der Waals surface area contributed by atoms with Gasteiger partial charge in [0.2, 0.25) is 0 Å². The average Bonchev–Trinajstić information content (AvgIpc) is 3.57. The summed E-state index contributed by atoms with van der Waals surface area (Å²) in [4.78, 5) is 28.3. The maximum atomic E-state index is 13.2. The van der Waals surface area contributed by atoms with Gasteiger partial charge < -0.3 is 15.5 Å². The van der Waals surface area contributed by atoms with Crippen molar-refractivity contribution in [2.75, 3.05) is 36.8 Å². The molecular formula is C32H33F3N8O. The van der Waals surface area contributed by atoms with Crippen molar-refractivity contribution >= 4 is 23.4 Å². The Hall–Kier alpha value is -4.55. The van der Waals surface area contributed by atoms with Gasteiger partial charge in [-0.15, -0.1) is 0 Å². The molecule has 1 amide bonds. The van der Waals surface area contributed by atoms with Crippen LogP contribution in [0.1, 0.15) is 45.8 Å². The summed E-state index contributed by atoms with van der Waals surface area (Å²) in [5.41, 5.74) is 9.68. The fourth-order valence-corrected chi connectivity index (χ4v) is 5.56. The molecule has 6 rings (SSSR count). The molecule has 2 fully saturated rings. The quantitative estimate of drug-likeness (QED) is 0.219. The molecule has 0 saturated carbocycles. The van der Waals surface area contributed by atoms with E-state index in [1.54, 1.807) is 12.3 Å². The average molecular weight is 603 g/mol. The number of anilines is 3. The van der Waals surface area contributed by atoms with E-state index >= 15 is 0 Å². The van der Waals surface area contributed by atoms with Crippen LogP contribution in [0.25, 0.3) is 11.3 Å². The van der Waals surface area contributed by atoms with Crippen molar-refractivity contribution in [2.45, 2.75) is 37.9 Å². The van der Waals surface area contributed by atoms with Crippen LogP contribution in [0.4, 0.5) is 30.6 Å². The Morgan fingerprint density at radius 2 is 1.73 bits per heavy atom. The Morgan fingerprint density at radius 1 is 0.932 bits per heavy atom. The first-order chi connectivity index (χ1) is 21.2. The van der Waals surface area contributed by atoms with Crippen molar-refractivity contribution in [3.05, 3.63) is 95.3 Å². The lowest BCUT2D eigenvalue weighted by Gasteiger charge is -2.33. The monoisotopic (exact) mass is 602 g/mol. The Bertz CT molecular complexity index is 1610. The Morgan fingerprint density at radius 3 is 2.45 bits per heavy atom. The van der Waals surface area contributed by atoms with Crippen molar-refractivity contribution < 1.29 is 18.0 Å². The second-order valence-electron chi connectivity index (χ2n) is 11.2. The van der Waals surface area contributed by atoms with E-state index in [9.17, 15) is 18.0 Å². The lowest BCUT2D eigenvalue weighted by Crippen LogP contribution is -2.42. The molecule has 4 N–H and O–H groups in total. The first kappa shape index (κ1) is 29.5. The molecule has 3 aromatic heterocycles. The van der Waals surface area contributed by atoms with Crippen molar-refractivity contribution in [3.63, 3.8) is 0 Å². The van der Waals surface area contributed by atoms with Gasteiger partial charge in [0.1, 0.15) is 17.5 Å². The number of alkyl halides is 3. The summed E-state index contributed by atoms with van der Waals surface area (Å²) in [6, 6.07) is 17.4. The van der Waals surface area contributed by atoms with Crippen molar-refractivity contribution in [1.82, 2.24) is 30.7 Å². The summed E-state index contributed by atoms with van der Waals surface area (Å²) in [5.74, 6) is 1.59. The highest BCUT2D eigenvalue weighted by atomic mass is 19.4. The Labute approximate surface area is 253 Å². The predicted molar refractivity (Wildman–Crippen MR) is 162 cm³/mol. The number of amides is 1. The first-order valence-electron chi connectivity index (χ1n) is 14.6. The molecular weight excluding hydrogens is 569 g/mol. The number of pyridine rings is 3. The van der Waals surface area contributed by atoms with Crippen LogP contribution >= 0.6 is 0 Å². The summed E-state index contributed by atoms with van der Waals surface area (Å²) < 4.78 is 39.3. The van der Waals surface area contributed by atoms with Crippen molar-refractivity contribution in [2.24, 2.45) is 0 Å². The number of nitrogens with one attached hydrogen (secondary N) is 4. The summed E-state index contributed by atoms with van der Waals surface area (Å²) in [7, 11) is 0. The van der Waals surface area contributed by atoms with Gasteiger partial charge >= 0.3 is 6.18 Å². The van der Waals surface area contributed by atoms with E-state index < -0.39 is 11.7 Å². The molecule has 2 aliphatic heterocycles. The molecule has 2 saturated heterocycles. The van der Waals surface area contributed by atoms with Gasteiger partial charge in [-0.3, -0.25) is 15.6 Å². The highest BCUT2D eigenvalue weighted by Gasteiger charge is 2.31. The molecule has 0 radical (unpaired) electrons. The number of hydrazine groups is 1. The Balaban J connectivity index is 1.05. The van der Waals surface area contributed by atoms with Gasteiger partial charge in [-0.25, -0.2) is 15.0 Å². The van der Waals surface area contributed by atoms with Crippen molar-refractivity contribution in [3.8, 4) is 11.3 Å². The van der Waals surface area contributed by atoms with Gasteiger partial charge in [-0.1, -0.05) is 12.1 Å². The van der Waals surface area contributed by atoms with Crippen LogP contribution in [0, 0.1) is 6.92 Å². The molecule has 0 aliphatic carbocycles. The van der Waals surface area contributed by atoms with Gasteiger partial charge in [-0.2, -0.15) is 13.2 Å². The zero-order chi connectivity index (χ0) is 30.7. The number of aromatic nitrogens is 3. The second-order valence-corrected chi connectivity index (χ2v) is 11.2. The number of piperidine rings is 1. The minimum Gasteiger partial charge on any atom is -0.367 e. The molecule has 228 valence electrons. The lowest BCUT2D eigenvalue weighted by molar-refractivity contribution is -0.137. The van der Waals surface area contributed by atoms with E-state index in [4.69, 9.17) is 0 Å². The number of rotatable bonds is 7. The molecule has 1 aromatic carbocycles. The van der Waals surface area contributed by atoms with E-state index in [2.05, 4.69) is 42.5 Å². The number of carbonyl (C=O) groups excluding carboxylic acids is 1. The zero-order valence-electron chi connectivity index (χ0n) is 24.2. The van der Waals surface area contributed by atoms with Gasteiger partial charge in [0.15, 0.2) is 0 Å². The van der Waals surface area contributed by atoms with Crippen LogP contribution in [-0.2, 0) is 6.18 Å². The van der Waals surface area contributed by atoms with Gasteiger partial charge in [0.25, 0.3) is 5.91 Å². The SMILES string of the molecule is Cc1cc(Nc2cc(C(F)(F)F)ccn2)nc(-c2ccc(NC3CCN(C(=O)c4cccc(C5CNNC5)c4)CC3)nc2)c1. The predicted octanol–water partition coefficient (Wildman–Crippen LogP) is 5.52. The topological polar surface area (TPSA) is 107 Å². The molecule has 5 heterocycles. The molecule has 0 atom stereocenters. The Kier molecular flexibility index (Phi) is 8.45. The number of nitrogens with zero attached hydrogens (tertiary/aromatic N) is 4. The largest absolute Gasteiger partial charge is 0.416 e. The van der Waals surface area contributed by atoms with E-state index in [0.29, 0.717) is 30.5 Å². The zero-order valence-corrected chi connectivity index (χ0v) is 24.2. The molecule has 0 bridgehead atoms. The molecule has 9 nitrogen and oxygen atoms in total. The summed E-state index contributed by atoms with van der Waals surface area (Å²) in [6.07, 6.45) is -0.00686. The second kappa shape index (κ2) is 12.6. The summed E-state index contributed by atoms with van der Waals surface area (Å²) >= 11 is 0. The molecule has 0 unspecified atom stereocenters. The highest BCUT2D eigenvalue weighted by Crippen LogP contribution is 2.31. The van der Waals surface area contributed by atoms with Gasteiger partial charge in [0.05, 0.1) is 11.3 Å². The number of hydrogen-bond donors (Lipinski definition) is 4. The minimum atomic E-state index is -4.46. The number of hydrogen-bond acceptors (Lipinski definition) is 8. The molecule has 12 heteroatoms. The number of likely N-dealkylation sites (tertiary alicyclic amines) is 1. The number of halogens is 3. The molecule has 4 aromatic rings. The highest BCUT2D eigenvalue weighted by molar-refractivity contribution is 5.94. The number of carbonyl (C=O) groups is 1. The van der Waals surface area contributed by atoms with E-state index in [0.717, 1.165) is 66.8 Å². The van der Waals surface area contributed by atoms with Crippen LogP contribution in [-0.4, -0.2) is 58.0 Å². The summed E-state index contributed by atoms with van der Waals surface area (Å²) in [6.45, 7) is 4.91. The fourth-order valence-electron chi connectivity index (χ4n) is 5.56. The number of aryl methyl sites for hydroxylation is 1. The van der Waals surface area contributed by atoms with Gasteiger partial charge in [-0.05, 0) is 79.4 Å². The molecule has 2 aliphatic rings. The number of benzene rings is 1. The maximum absolute atomic E-state index is 13.2. The molecule has 44 heavy (non-hydrogen) atoms. The van der Waals surface area contributed by atoms with Crippen LogP contribution in [0.2, 0.25) is 0 Å². The van der Waals surface area contributed by atoms with Crippen LogP contribution in [0.3, 0.4) is 0 Å². The summed E-state index contributed by atoms with van der Waals surface area (Å²) in [5, 5.41) is 6.36. The normalized spacial score (nSPS) is 16.2. The maximum Gasteiger partial charge on any atom is 0.416 e. The minimum absolute atomic E-state index is 0.0574. The molecule has 0 spiro atoms. The van der Waals surface area contributed by atoms with Gasteiger partial charge in [0, 0.05) is 61.7 Å². The van der Waals surface area contributed by atoms with E-state index in [1.165, 1.54) is 5.56 Å². The van der Waals surface area contributed by atoms with E-state index in [1.807, 2.05) is 48.2 Å². The van der Waals surface area contributed by atoms with Crippen LogP contribution in [0.15, 0.2) is 73.1 Å². The third-order valence-electron chi connectivity index (χ3n) is 7.93. The van der Waals surface area contributed by atoms with E-state index in [-0.39, 0.29) is 17.8 Å². The lowest BCUT2D eigenvalue weighted by atomic mass is 9.97.